The molecule has 0 fully saturated rings. The fourth-order valence-corrected chi connectivity index (χ4v) is 1.13. The number of aromatic nitrogens is 3. The van der Waals surface area contributed by atoms with Crippen LogP contribution in [0.2, 0.25) is 0 Å². The quantitative estimate of drug-likeness (QED) is 0.591. The van der Waals surface area contributed by atoms with E-state index in [0.717, 1.165) is 0 Å². The van der Waals surface area contributed by atoms with Gasteiger partial charge in [-0.25, -0.2) is 4.68 Å². The van der Waals surface area contributed by atoms with Crippen LogP contribution in [-0.4, -0.2) is 31.9 Å². The summed E-state index contributed by atoms with van der Waals surface area (Å²) in [5.41, 5.74) is 1.04. The van der Waals surface area contributed by atoms with E-state index in [1.807, 2.05) is 0 Å². The predicted octanol–water partition coefficient (Wildman–Crippen LogP) is -1.05. The molecule has 0 aliphatic heterocycles. The third-order valence-corrected chi connectivity index (χ3v) is 1.81. The topological polar surface area (TPSA) is 71.2 Å². The van der Waals surface area contributed by atoms with Gasteiger partial charge in [-0.05, 0) is 12.1 Å². The highest BCUT2D eigenvalue weighted by Crippen LogP contribution is 2.00. The first-order valence-corrected chi connectivity index (χ1v) is 4.08. The van der Waals surface area contributed by atoms with Gasteiger partial charge in [-0.3, -0.25) is 4.98 Å². The Morgan fingerprint density at radius 1 is 1.29 bits per heavy atom. The van der Waals surface area contributed by atoms with Crippen molar-refractivity contribution in [3.05, 3.63) is 36.9 Å². The molecule has 2 heterocycles. The minimum absolute atomic E-state index is 0.345. The van der Waals surface area contributed by atoms with Crippen LogP contribution in [0.3, 0.4) is 0 Å². The molecule has 70 valence electrons. The van der Waals surface area contributed by atoms with Crippen molar-refractivity contribution >= 4 is 12.6 Å². The maximum atomic E-state index is 8.93. The van der Waals surface area contributed by atoms with Gasteiger partial charge in [-0.1, -0.05) is 0 Å². The molecular formula is C8H8BN3O2. The predicted molar refractivity (Wildman–Crippen MR) is 51.2 cm³/mol. The first-order valence-electron chi connectivity index (χ1n) is 4.08. The van der Waals surface area contributed by atoms with Gasteiger partial charge < -0.3 is 10.0 Å². The van der Waals surface area contributed by atoms with Crippen LogP contribution in [0.15, 0.2) is 36.9 Å². The van der Waals surface area contributed by atoms with E-state index in [1.165, 1.54) is 6.20 Å². The zero-order valence-electron chi connectivity index (χ0n) is 7.28. The summed E-state index contributed by atoms with van der Waals surface area (Å²) in [4.78, 5) is 3.88. The summed E-state index contributed by atoms with van der Waals surface area (Å²) in [7, 11) is -1.50. The molecule has 0 aromatic carbocycles. The number of nitrogens with zero attached hydrogens (tertiary/aromatic N) is 3. The Balaban J connectivity index is 2.41. The van der Waals surface area contributed by atoms with Gasteiger partial charge in [0.1, 0.15) is 0 Å². The first kappa shape index (κ1) is 8.92. The summed E-state index contributed by atoms with van der Waals surface area (Å²) in [6.45, 7) is 0. The van der Waals surface area contributed by atoms with E-state index in [9.17, 15) is 0 Å². The van der Waals surface area contributed by atoms with Crippen molar-refractivity contribution in [1.82, 2.24) is 14.8 Å². The van der Waals surface area contributed by atoms with E-state index in [4.69, 9.17) is 10.0 Å². The summed E-state index contributed by atoms with van der Waals surface area (Å²) in [5.74, 6) is 0. The fourth-order valence-electron chi connectivity index (χ4n) is 1.13. The molecular weight excluding hydrogens is 181 g/mol. The van der Waals surface area contributed by atoms with E-state index >= 15 is 0 Å². The smallest absolute Gasteiger partial charge is 0.423 e. The van der Waals surface area contributed by atoms with Crippen LogP contribution in [0.25, 0.3) is 5.69 Å². The molecule has 0 atom stereocenters. The van der Waals surface area contributed by atoms with Crippen LogP contribution < -0.4 is 5.46 Å². The van der Waals surface area contributed by atoms with Crippen molar-refractivity contribution in [2.75, 3.05) is 0 Å². The van der Waals surface area contributed by atoms with Crippen LogP contribution in [0, 0.1) is 0 Å². The number of hydrogen-bond donors (Lipinski definition) is 2. The maximum absolute atomic E-state index is 8.93. The van der Waals surface area contributed by atoms with Crippen LogP contribution in [-0.2, 0) is 0 Å². The van der Waals surface area contributed by atoms with Gasteiger partial charge in [0.2, 0.25) is 0 Å². The lowest BCUT2D eigenvalue weighted by atomic mass is 9.81. The van der Waals surface area contributed by atoms with Crippen molar-refractivity contribution < 1.29 is 10.0 Å². The Morgan fingerprint density at radius 3 is 2.79 bits per heavy atom. The third kappa shape index (κ3) is 1.66. The second-order valence-electron chi connectivity index (χ2n) is 2.80. The van der Waals surface area contributed by atoms with Gasteiger partial charge in [0.15, 0.2) is 0 Å². The molecule has 0 saturated heterocycles. The largest absolute Gasteiger partial charge is 0.490 e. The molecule has 0 spiro atoms. The Bertz CT molecular complexity index is 416. The molecule has 2 rings (SSSR count). The normalized spacial score (nSPS) is 10.1. The molecule has 2 aromatic rings. The number of hydrogen-bond acceptors (Lipinski definition) is 4. The lowest BCUT2D eigenvalue weighted by Gasteiger charge is -2.03. The monoisotopic (exact) mass is 189 g/mol. The molecule has 2 aromatic heterocycles. The minimum atomic E-state index is -1.50. The lowest BCUT2D eigenvalue weighted by molar-refractivity contribution is 0.425. The second kappa shape index (κ2) is 3.61. The first-order chi connectivity index (χ1) is 6.77. The molecule has 0 aliphatic rings. The Morgan fingerprint density at radius 2 is 2.14 bits per heavy atom. The minimum Gasteiger partial charge on any atom is -0.423 e. The van der Waals surface area contributed by atoms with E-state index in [-0.39, 0.29) is 0 Å². The van der Waals surface area contributed by atoms with E-state index in [0.29, 0.717) is 11.2 Å². The van der Waals surface area contributed by atoms with Crippen LogP contribution in [0.5, 0.6) is 0 Å². The van der Waals surface area contributed by atoms with Crippen molar-refractivity contribution in [2.45, 2.75) is 0 Å². The molecule has 2 N–H and O–H groups in total. The molecule has 5 nitrogen and oxygen atoms in total. The Hall–Kier alpha value is -1.66. The van der Waals surface area contributed by atoms with Crippen LogP contribution >= 0.6 is 0 Å². The van der Waals surface area contributed by atoms with Crippen LogP contribution in [0.1, 0.15) is 0 Å². The molecule has 14 heavy (non-hydrogen) atoms. The average molecular weight is 189 g/mol. The maximum Gasteiger partial charge on any atom is 0.490 e. The average Bonchev–Trinajstić information content (AvgIpc) is 2.71. The van der Waals surface area contributed by atoms with Gasteiger partial charge in [-0.15, -0.1) is 0 Å². The van der Waals surface area contributed by atoms with Crippen molar-refractivity contribution in [3.8, 4) is 5.69 Å². The van der Waals surface area contributed by atoms with Crippen molar-refractivity contribution in [1.29, 1.82) is 0 Å². The van der Waals surface area contributed by atoms with Crippen molar-refractivity contribution in [2.24, 2.45) is 0 Å². The molecule has 6 heteroatoms. The third-order valence-electron chi connectivity index (χ3n) is 1.81. The molecule has 0 saturated carbocycles. The molecule has 0 amide bonds. The van der Waals surface area contributed by atoms with E-state index < -0.39 is 7.12 Å². The Kier molecular flexibility index (Phi) is 2.30. The summed E-state index contributed by atoms with van der Waals surface area (Å²) >= 11 is 0. The number of rotatable bonds is 2. The zero-order valence-corrected chi connectivity index (χ0v) is 7.28. The fraction of sp³-hybridized carbons (Fsp3) is 0. The highest BCUT2D eigenvalue weighted by Gasteiger charge is 2.11. The number of pyridine rings is 1. The molecule has 0 bridgehead atoms. The highest BCUT2D eigenvalue weighted by atomic mass is 16.4. The van der Waals surface area contributed by atoms with Crippen LogP contribution in [0.4, 0.5) is 0 Å². The second-order valence-corrected chi connectivity index (χ2v) is 2.80. The summed E-state index contributed by atoms with van der Waals surface area (Å²) in [6.07, 6.45) is 6.39. The van der Waals surface area contributed by atoms with Crippen molar-refractivity contribution in [3.63, 3.8) is 0 Å². The highest BCUT2D eigenvalue weighted by molar-refractivity contribution is 6.58. The summed E-state index contributed by atoms with van der Waals surface area (Å²) < 4.78 is 1.60. The molecule has 0 radical (unpaired) electrons. The van der Waals surface area contributed by atoms with Gasteiger partial charge in [0, 0.05) is 24.1 Å². The molecule has 0 aliphatic carbocycles. The van der Waals surface area contributed by atoms with Gasteiger partial charge in [0.05, 0.1) is 11.9 Å². The SMILES string of the molecule is OB(O)c1cncc(-n2cccn2)c1. The standard InChI is InChI=1S/C8H8BN3O2/c13-9(14)7-4-8(6-10-5-7)12-3-1-2-11-12/h1-6,13-14H. The zero-order chi connectivity index (χ0) is 9.97. The summed E-state index contributed by atoms with van der Waals surface area (Å²) in [6, 6.07) is 3.40. The molecule has 0 unspecified atom stereocenters. The van der Waals surface area contributed by atoms with Gasteiger partial charge in [-0.2, -0.15) is 5.10 Å². The Labute approximate surface area is 80.8 Å². The summed E-state index contributed by atoms with van der Waals surface area (Å²) in [5, 5.41) is 21.9. The van der Waals surface area contributed by atoms with E-state index in [2.05, 4.69) is 10.1 Å². The van der Waals surface area contributed by atoms with Gasteiger partial charge in [0.25, 0.3) is 0 Å². The van der Waals surface area contributed by atoms with Gasteiger partial charge >= 0.3 is 7.12 Å². The van der Waals surface area contributed by atoms with E-state index in [1.54, 1.807) is 35.4 Å². The lowest BCUT2D eigenvalue weighted by Crippen LogP contribution is -2.30.